The lowest BCUT2D eigenvalue weighted by Crippen LogP contribution is -2.57. The van der Waals surface area contributed by atoms with Crippen LogP contribution >= 0.6 is 11.3 Å². The number of pyridine rings is 1. The second kappa shape index (κ2) is 17.0. The van der Waals surface area contributed by atoms with Gasteiger partial charge in [0.05, 0.1) is 29.6 Å². The van der Waals surface area contributed by atoms with Crippen molar-refractivity contribution in [3.63, 3.8) is 0 Å². The van der Waals surface area contributed by atoms with Gasteiger partial charge in [-0.2, -0.15) is 0 Å². The first-order chi connectivity index (χ1) is 29.5. The fourth-order valence-corrected chi connectivity index (χ4v) is 11.2. The molecule has 5 atom stereocenters. The monoisotopic (exact) mass is 885 g/mol. The van der Waals surface area contributed by atoms with E-state index in [0.717, 1.165) is 52.9 Å². The smallest absolute Gasteiger partial charge is 0.259 e. The van der Waals surface area contributed by atoms with Crippen LogP contribution in [0.2, 0.25) is 0 Å². The quantitative estimate of drug-likeness (QED) is 0.152. The number of ether oxygens (including phenoxy) is 2. The number of sulfonamides is 1. The van der Waals surface area contributed by atoms with Crippen molar-refractivity contribution in [2.24, 2.45) is 11.8 Å². The Morgan fingerprint density at radius 3 is 2.58 bits per heavy atom. The highest BCUT2D eigenvalue weighted by molar-refractivity contribution is 7.91. The molecular formula is C47H56FN5O7S2. The minimum absolute atomic E-state index is 0.0634. The third kappa shape index (κ3) is 8.71. The summed E-state index contributed by atoms with van der Waals surface area (Å²) in [6, 6.07) is 9.34. The van der Waals surface area contributed by atoms with Crippen molar-refractivity contribution in [2.45, 2.75) is 127 Å². The van der Waals surface area contributed by atoms with Crippen LogP contribution in [0.25, 0.3) is 21.6 Å². The summed E-state index contributed by atoms with van der Waals surface area (Å²) >= 11 is 1.49. The van der Waals surface area contributed by atoms with Crippen LogP contribution < -0.4 is 19.5 Å². The molecule has 4 heterocycles. The Bertz CT molecular complexity index is 2530. The van der Waals surface area contributed by atoms with Crippen LogP contribution in [0.4, 0.5) is 4.39 Å². The number of halogens is 1. The number of hydrogen-bond acceptors (Lipinski definition) is 10. The molecule has 3 amide bonds. The fraction of sp³-hybridized carbons (Fsp3) is 0.511. The Labute approximate surface area is 367 Å². The number of carbonyl (C=O) groups is 3. The van der Waals surface area contributed by atoms with E-state index in [2.05, 4.69) is 23.9 Å². The lowest BCUT2D eigenvalue weighted by atomic mass is 9.91. The van der Waals surface area contributed by atoms with Crippen LogP contribution in [0.1, 0.15) is 107 Å². The van der Waals surface area contributed by atoms with Crippen molar-refractivity contribution in [1.29, 1.82) is 0 Å². The van der Waals surface area contributed by atoms with Crippen molar-refractivity contribution in [1.82, 2.24) is 24.9 Å². The number of amides is 3. The van der Waals surface area contributed by atoms with E-state index in [1.807, 2.05) is 55.6 Å². The lowest BCUT2D eigenvalue weighted by Gasteiger charge is -2.30. The van der Waals surface area contributed by atoms with E-state index >= 15 is 4.79 Å². The van der Waals surface area contributed by atoms with Crippen LogP contribution in [0.15, 0.2) is 53.9 Å². The maximum atomic E-state index is 15.0. The molecule has 2 aliphatic heterocycles. The molecule has 4 aliphatic rings. The minimum atomic E-state index is -4.00. The summed E-state index contributed by atoms with van der Waals surface area (Å²) in [7, 11) is -2.39. The normalized spacial score (nSPS) is 25.6. The van der Waals surface area contributed by atoms with Gasteiger partial charge in [-0.05, 0) is 107 Å². The molecular weight excluding hydrogens is 830 g/mol. The number of methoxy groups -OCH3 is 1. The van der Waals surface area contributed by atoms with Crippen LogP contribution in [-0.4, -0.2) is 77.1 Å². The Morgan fingerprint density at radius 1 is 1.08 bits per heavy atom. The number of hydrogen-bond donors (Lipinski definition) is 2. The molecule has 1 saturated heterocycles. The highest BCUT2D eigenvalue weighted by Gasteiger charge is 2.63. The highest BCUT2D eigenvalue weighted by atomic mass is 32.2. The third-order valence-corrected chi connectivity index (χ3v) is 16.2. The predicted molar refractivity (Wildman–Crippen MR) is 237 cm³/mol. The van der Waals surface area contributed by atoms with Crippen LogP contribution in [0.5, 0.6) is 11.5 Å². The summed E-state index contributed by atoms with van der Waals surface area (Å²) < 4.78 is 55.1. The van der Waals surface area contributed by atoms with Gasteiger partial charge in [0.15, 0.2) is 0 Å². The molecule has 2 N–H and O–H groups in total. The number of nitrogens with zero attached hydrogens (tertiary/aromatic N) is 3. The van der Waals surface area contributed by atoms with Crippen molar-refractivity contribution >= 4 is 50.0 Å². The van der Waals surface area contributed by atoms with Crippen molar-refractivity contribution in [2.75, 3.05) is 13.7 Å². The van der Waals surface area contributed by atoms with Crippen molar-refractivity contribution in [3.8, 4) is 22.2 Å². The summed E-state index contributed by atoms with van der Waals surface area (Å²) in [5, 5.41) is 6.45. The number of aromatic nitrogens is 2. The van der Waals surface area contributed by atoms with Gasteiger partial charge in [-0.3, -0.25) is 19.1 Å². The number of benzene rings is 2. The van der Waals surface area contributed by atoms with Gasteiger partial charge in [-0.15, -0.1) is 11.3 Å². The average molecular weight is 886 g/mol. The van der Waals surface area contributed by atoms with Gasteiger partial charge >= 0.3 is 0 Å². The van der Waals surface area contributed by atoms with Gasteiger partial charge in [-0.25, -0.2) is 22.8 Å². The summed E-state index contributed by atoms with van der Waals surface area (Å²) in [6.45, 7) is 9.59. The standard InChI is InChI=1S/C47H56FN5O7S2/c1-27(2)37-26-61-43(50-37)36-23-40(35-14-15-39(59-6)29(4)41(35)49-36)60-34-22-38-42(54)51-47(45(56)52-62(57,58)46(5)16-17-46)24-32(47)13-11-9-7-8-10-12-31(44(55)53(38)25-34)20-30-18-28(3)19-33(48)21-30/h11,13-15,18-19,21,23,26-27,31-32,34,38H,7-10,12,16-17,20,22,24-25H2,1-6H3,(H,51,54)(H,52,56)/b13-11-/t31-,32+,34-,38+,47-/m1/s1. The number of nitrogens with one attached hydrogen (secondary N) is 2. The number of carbonyl (C=O) groups excluding carboxylic acids is 3. The lowest BCUT2D eigenvalue weighted by molar-refractivity contribution is -0.142. The first kappa shape index (κ1) is 43.7. The zero-order chi connectivity index (χ0) is 44.1. The SMILES string of the molecule is COc1ccc2c(O[C@@H]3C[C@H]4C(=O)N[C@]5(C(=O)NS(=O)(=O)C6(C)CC6)C[C@@H]5/C=C\CCCCC[C@H](Cc5cc(C)cc(F)c5)C(=O)N4C3)cc(-c3nc(C(C)C)cs3)nc2c1C. The molecule has 8 rings (SSSR count). The van der Waals surface area contributed by atoms with E-state index in [1.54, 1.807) is 18.9 Å². The maximum Gasteiger partial charge on any atom is 0.259 e. The largest absolute Gasteiger partial charge is 0.496 e. The average Bonchev–Trinajstić information content (AvgIpc) is 3.99. The molecule has 330 valence electrons. The zero-order valence-electron chi connectivity index (χ0n) is 36.3. The zero-order valence-corrected chi connectivity index (χ0v) is 37.9. The first-order valence-electron chi connectivity index (χ1n) is 21.7. The second-order valence-electron chi connectivity index (χ2n) is 18.3. The van der Waals surface area contributed by atoms with Gasteiger partial charge in [0, 0.05) is 40.7 Å². The van der Waals surface area contributed by atoms with E-state index in [-0.39, 0.29) is 43.4 Å². The topological polar surface area (TPSA) is 157 Å². The molecule has 0 unspecified atom stereocenters. The summed E-state index contributed by atoms with van der Waals surface area (Å²) in [5.74, 6) is -1.58. The molecule has 0 spiro atoms. The van der Waals surface area contributed by atoms with E-state index in [0.29, 0.717) is 47.5 Å². The molecule has 15 heteroatoms. The van der Waals surface area contributed by atoms with E-state index in [1.165, 1.54) is 23.5 Å². The molecule has 2 saturated carbocycles. The van der Waals surface area contributed by atoms with Crippen LogP contribution in [0.3, 0.4) is 0 Å². The van der Waals surface area contributed by atoms with Gasteiger partial charge in [0.25, 0.3) is 5.91 Å². The van der Waals surface area contributed by atoms with Crippen molar-refractivity contribution in [3.05, 3.63) is 82.1 Å². The molecule has 4 aromatic rings. The predicted octanol–water partition coefficient (Wildman–Crippen LogP) is 7.85. The Hall–Kier alpha value is -4.89. The maximum absolute atomic E-state index is 15.0. The number of thiazole rings is 1. The molecule has 0 radical (unpaired) electrons. The number of allylic oxidation sites excluding steroid dienone is 1. The van der Waals surface area contributed by atoms with Gasteiger partial charge < -0.3 is 19.7 Å². The highest BCUT2D eigenvalue weighted by Crippen LogP contribution is 2.48. The van der Waals surface area contributed by atoms with Gasteiger partial charge in [0.2, 0.25) is 21.8 Å². The number of aryl methyl sites for hydroxylation is 2. The molecule has 0 bridgehead atoms. The molecule has 2 aromatic carbocycles. The summed E-state index contributed by atoms with van der Waals surface area (Å²) in [4.78, 5) is 55.3. The fourth-order valence-electron chi connectivity index (χ4n) is 8.95. The van der Waals surface area contributed by atoms with E-state index < -0.39 is 56.1 Å². The molecule has 2 aliphatic carbocycles. The molecule has 2 aromatic heterocycles. The van der Waals surface area contributed by atoms with Gasteiger partial charge in [0.1, 0.15) is 45.7 Å². The Kier molecular flexibility index (Phi) is 12.0. The number of fused-ring (bicyclic) bond motifs is 3. The van der Waals surface area contributed by atoms with Crippen molar-refractivity contribution < 1.29 is 36.7 Å². The first-order valence-corrected chi connectivity index (χ1v) is 24.1. The van der Waals surface area contributed by atoms with E-state index in [4.69, 9.17) is 19.4 Å². The second-order valence-corrected chi connectivity index (χ2v) is 21.3. The Morgan fingerprint density at radius 2 is 1.87 bits per heavy atom. The summed E-state index contributed by atoms with van der Waals surface area (Å²) in [5.41, 5.74) is 2.98. The van der Waals surface area contributed by atoms with Gasteiger partial charge in [-0.1, -0.05) is 44.9 Å². The molecule has 12 nitrogen and oxygen atoms in total. The number of rotatable bonds is 10. The van der Waals surface area contributed by atoms with E-state index in [9.17, 15) is 22.4 Å². The van der Waals surface area contributed by atoms with Crippen LogP contribution in [0, 0.1) is 31.5 Å². The molecule has 62 heavy (non-hydrogen) atoms. The third-order valence-electron chi connectivity index (χ3n) is 13.2. The molecule has 3 fully saturated rings. The van der Waals surface area contributed by atoms with Crippen LogP contribution in [-0.2, 0) is 30.8 Å². The Balaban J connectivity index is 1.16. The minimum Gasteiger partial charge on any atom is -0.496 e. The summed E-state index contributed by atoms with van der Waals surface area (Å²) in [6.07, 6.45) is 8.42.